The molecule has 0 spiro atoms. The summed E-state index contributed by atoms with van der Waals surface area (Å²) in [6, 6.07) is 0. The predicted octanol–water partition coefficient (Wildman–Crippen LogP) is -5.34. The Kier molecular flexibility index (Phi) is 20.1. The molecule has 0 unspecified atom stereocenters. The van der Waals surface area contributed by atoms with Crippen LogP contribution in [-0.2, 0) is 20.8 Å². The van der Waals surface area contributed by atoms with Crippen LogP contribution in [0.1, 0.15) is 0 Å². The van der Waals surface area contributed by atoms with Gasteiger partial charge in [0.2, 0.25) is 0 Å². The van der Waals surface area contributed by atoms with E-state index in [2.05, 4.69) is 5.59 Å². The monoisotopic (exact) mass is 262 g/mol. The van der Waals surface area contributed by atoms with E-state index >= 15 is 0 Å². The molecule has 13 heteroatoms. The van der Waals surface area contributed by atoms with Crippen LogP contribution in [0.15, 0.2) is 0 Å². The zero-order valence-electron chi connectivity index (χ0n) is 5.99. The van der Waals surface area contributed by atoms with Gasteiger partial charge in [0.05, 0.1) is 0 Å². The quantitative estimate of drug-likeness (QED) is 0.191. The van der Waals surface area contributed by atoms with E-state index in [1.807, 2.05) is 0 Å². The fourth-order valence-corrected chi connectivity index (χ4v) is 0. The smallest absolute Gasteiger partial charge is 0.759 e. The van der Waals surface area contributed by atoms with Gasteiger partial charge in [-0.05, 0) is 0 Å². The SMILES string of the molecule is N=O.O=S(=O)([O-])[O-].O=S(=O)([O-])[O-].[K+]. The first-order valence-corrected chi connectivity index (χ1v) is 4.20. The number of rotatable bonds is 0. The van der Waals surface area contributed by atoms with Crippen LogP contribution in [0.3, 0.4) is 0 Å². The third-order valence-corrected chi connectivity index (χ3v) is 0. The molecular weight excluding hydrogens is 261 g/mol. The second-order valence-corrected chi connectivity index (χ2v) is 2.45. The van der Waals surface area contributed by atoms with Crippen molar-refractivity contribution in [1.82, 2.24) is 0 Å². The first kappa shape index (κ1) is 23.6. The Balaban J connectivity index is -0.0000000491. The van der Waals surface area contributed by atoms with Gasteiger partial charge in [0.1, 0.15) is 0 Å². The summed E-state index contributed by atoms with van der Waals surface area (Å²) in [4.78, 5) is 7.50. The van der Waals surface area contributed by atoms with Gasteiger partial charge in [-0.3, -0.25) is 16.8 Å². The molecule has 0 aromatic carbocycles. The van der Waals surface area contributed by atoms with Gasteiger partial charge in [0.25, 0.3) is 0 Å². The molecule has 0 rings (SSSR count). The van der Waals surface area contributed by atoms with Crippen molar-refractivity contribution in [3.05, 3.63) is 4.91 Å². The second kappa shape index (κ2) is 11.1. The molecule has 0 fully saturated rings. The molecule has 13 heavy (non-hydrogen) atoms. The summed E-state index contributed by atoms with van der Waals surface area (Å²) >= 11 is 0. The van der Waals surface area contributed by atoms with E-state index in [0.29, 0.717) is 0 Å². The fraction of sp³-hybridized carbons (Fsp3) is 0. The summed E-state index contributed by atoms with van der Waals surface area (Å²) in [6.45, 7) is 0. The standard InChI is InChI=1S/K.HNO.2H2O4S/c;1-2;2*1-5(2,3)4/h;1H;2*(H2,1,2,3,4)/q+1;;;/p-4. The molecule has 10 nitrogen and oxygen atoms in total. The van der Waals surface area contributed by atoms with E-state index in [1.54, 1.807) is 0 Å². The molecule has 0 saturated heterocycles. The predicted molar refractivity (Wildman–Crippen MR) is 27.0 cm³/mol. The van der Waals surface area contributed by atoms with Gasteiger partial charge < -0.3 is 18.2 Å². The average molecular weight is 262 g/mol. The van der Waals surface area contributed by atoms with Gasteiger partial charge in [-0.1, -0.05) is 5.59 Å². The molecule has 0 heterocycles. The Morgan fingerprint density at radius 2 is 0.692 bits per heavy atom. The van der Waals surface area contributed by atoms with Crippen molar-refractivity contribution in [3.63, 3.8) is 0 Å². The van der Waals surface area contributed by atoms with Crippen molar-refractivity contribution in [2.45, 2.75) is 0 Å². The average Bonchev–Trinajstić information content (AvgIpc) is 1.59. The number of hydrogen-bond acceptors (Lipinski definition) is 10. The Morgan fingerprint density at radius 3 is 0.692 bits per heavy atom. The molecule has 0 bridgehead atoms. The van der Waals surface area contributed by atoms with Crippen LogP contribution in [0.4, 0.5) is 0 Å². The molecule has 0 aliphatic heterocycles. The van der Waals surface area contributed by atoms with E-state index in [9.17, 15) is 0 Å². The first-order valence-electron chi connectivity index (χ1n) is 1.54. The van der Waals surface area contributed by atoms with Gasteiger partial charge in [0, 0.05) is 20.8 Å². The fourth-order valence-electron chi connectivity index (χ4n) is 0. The minimum atomic E-state index is -5.17. The maximum Gasteiger partial charge on any atom is 1.00 e. The molecule has 0 saturated carbocycles. The third-order valence-electron chi connectivity index (χ3n) is 0. The Labute approximate surface area is 116 Å². The number of hydrogen-bond donors (Lipinski definition) is 1. The van der Waals surface area contributed by atoms with Crippen LogP contribution in [0.5, 0.6) is 0 Å². The summed E-state index contributed by atoms with van der Waals surface area (Å²) < 4.78 is 68.2. The summed E-state index contributed by atoms with van der Waals surface area (Å²) in [5, 5.41) is 0. The maximum absolute atomic E-state index is 8.52. The molecule has 0 aliphatic carbocycles. The largest absolute Gasteiger partial charge is 1.00 e. The second-order valence-electron chi connectivity index (χ2n) is 0.816. The van der Waals surface area contributed by atoms with Crippen LogP contribution < -0.4 is 51.4 Å². The zero-order chi connectivity index (χ0) is 11.0. The van der Waals surface area contributed by atoms with Gasteiger partial charge in [-0.2, -0.15) is 4.91 Å². The van der Waals surface area contributed by atoms with Gasteiger partial charge in [-0.15, -0.1) is 0 Å². The van der Waals surface area contributed by atoms with Crippen molar-refractivity contribution in [1.29, 1.82) is 5.59 Å². The number of nitroso groups, excluding NO2 is 1. The van der Waals surface area contributed by atoms with Crippen LogP contribution in [-0.4, -0.2) is 35.0 Å². The third kappa shape index (κ3) is 1640. The minimum absolute atomic E-state index is 0. The van der Waals surface area contributed by atoms with E-state index < -0.39 is 20.8 Å². The van der Waals surface area contributed by atoms with Crippen molar-refractivity contribution in [2.75, 3.05) is 0 Å². The molecule has 0 atom stereocenters. The number of nitrogens with one attached hydrogen (secondary N) is 1. The topological polar surface area (TPSA) is 201 Å². The first-order chi connectivity index (χ1) is 5.00. The Morgan fingerprint density at radius 1 is 0.692 bits per heavy atom. The zero-order valence-corrected chi connectivity index (χ0v) is 10.7. The van der Waals surface area contributed by atoms with E-state index in [0.717, 1.165) is 0 Å². The minimum Gasteiger partial charge on any atom is -0.759 e. The summed E-state index contributed by atoms with van der Waals surface area (Å²) in [7, 11) is -10.3. The van der Waals surface area contributed by atoms with Crippen LogP contribution in [0, 0.1) is 10.5 Å². The van der Waals surface area contributed by atoms with Crippen molar-refractivity contribution in [2.24, 2.45) is 0 Å². The Bertz CT molecular complexity index is 227. The normalized spacial score (nSPS) is 9.23. The van der Waals surface area contributed by atoms with Gasteiger partial charge >= 0.3 is 51.4 Å². The van der Waals surface area contributed by atoms with E-state index in [4.69, 9.17) is 40.0 Å². The summed E-state index contributed by atoms with van der Waals surface area (Å²) in [6.07, 6.45) is 0. The van der Waals surface area contributed by atoms with Crippen molar-refractivity contribution < 1.29 is 86.4 Å². The van der Waals surface area contributed by atoms with E-state index in [-0.39, 0.29) is 51.4 Å². The Hall–Kier alpha value is 0.976. The molecule has 0 aromatic heterocycles. The van der Waals surface area contributed by atoms with Gasteiger partial charge in [-0.25, -0.2) is 0 Å². The molecular formula is HKNO9S2-3. The van der Waals surface area contributed by atoms with Crippen LogP contribution in [0.2, 0.25) is 0 Å². The molecule has 0 aromatic rings. The van der Waals surface area contributed by atoms with E-state index in [1.165, 1.54) is 0 Å². The molecule has 0 radical (unpaired) electrons. The summed E-state index contributed by atoms with van der Waals surface area (Å²) in [5.41, 5.74) is 4.50. The summed E-state index contributed by atoms with van der Waals surface area (Å²) in [5.74, 6) is 0. The van der Waals surface area contributed by atoms with Crippen molar-refractivity contribution >= 4 is 20.8 Å². The maximum atomic E-state index is 8.52. The van der Waals surface area contributed by atoms with Crippen molar-refractivity contribution in [3.8, 4) is 0 Å². The molecule has 1 N–H and O–H groups in total. The molecule has 76 valence electrons. The van der Waals surface area contributed by atoms with Gasteiger partial charge in [0.15, 0.2) is 0 Å². The van der Waals surface area contributed by atoms with Crippen LogP contribution >= 0.6 is 0 Å². The molecule has 0 aliphatic rings. The molecule has 0 amide bonds. The van der Waals surface area contributed by atoms with Crippen LogP contribution in [0.25, 0.3) is 0 Å².